The van der Waals surface area contributed by atoms with Crippen molar-refractivity contribution >= 4 is 110 Å². The van der Waals surface area contributed by atoms with Crippen molar-refractivity contribution in [2.24, 2.45) is 5.73 Å². The Bertz CT molecular complexity index is 4160. The predicted molar refractivity (Wildman–Crippen MR) is 365 cm³/mol. The Morgan fingerprint density at radius 1 is 0.690 bits per heavy atom. The summed E-state index contributed by atoms with van der Waals surface area (Å²) in [4.78, 5) is 171. The fourth-order valence-corrected chi connectivity index (χ4v) is 13.8. The van der Waals surface area contributed by atoms with Gasteiger partial charge >= 0.3 is 5.97 Å². The molecule has 530 valence electrons. The summed E-state index contributed by atoms with van der Waals surface area (Å²) in [6.07, 6.45) is 2.34. The normalized spacial score (nSPS) is 23.1. The number of carboxylic acids is 1. The number of benzene rings is 4. The molecule has 2 aliphatic rings. The summed E-state index contributed by atoms with van der Waals surface area (Å²) in [6.45, 7) is 2.27. The van der Waals surface area contributed by atoms with Crippen molar-refractivity contribution in [3.05, 3.63) is 155 Å². The molecule has 0 saturated carbocycles. The number of nitrogens with two attached hydrogens (primary N) is 1. The largest absolute Gasteiger partial charge is 0.508 e. The summed E-state index contributed by atoms with van der Waals surface area (Å²) in [7, 11) is 1.32. The van der Waals surface area contributed by atoms with Gasteiger partial charge in [-0.25, -0.2) is 13.8 Å². The van der Waals surface area contributed by atoms with Crippen LogP contribution in [-0.2, 0) is 94.7 Å². The highest BCUT2D eigenvalue weighted by molar-refractivity contribution is 7.98. The van der Waals surface area contributed by atoms with Gasteiger partial charge in [-0.2, -0.15) is 23.5 Å². The van der Waals surface area contributed by atoms with E-state index in [1.54, 1.807) is 0 Å². The van der Waals surface area contributed by atoms with Gasteiger partial charge in [0.05, 0.1) is 25.4 Å². The minimum absolute atomic E-state index is 0.0132. The maximum absolute atomic E-state index is 15.2. The standard InChI is InChI=1S/C68H78F2N14O14S2/c1-36(98-3)59-65(95)75-31-57(87)77-50(22-40-28-73-48-14-10-42(69)24-46(40)48)61(91)78-51(23-41-29-74-49-15-11-43(70)25-47(41)49)62(92)80-53(27-58(88)89)64(94)79-52(26-44-30-72-35-76-44)63(93)81-54(21-37-8-12-45(85)13-9-37)66(96)84-18-5-17-68(84,2)67(97)82-55(60(71)90)34-100-33-39-7-4-6-38(20-39)32-99-19-16-56(86)83-59/h4,6-15,20,24-25,28-30,35-36,50-55,59,73-74,85H,5,16-19,21-23,26-27,31-34H2,1-3H3,(H2,71,90)(H,72,76)(H,75,95)(H,77,87)(H,78,91)(H,79,94)(H,80,92)(H,81,93)(H,82,97)(H,83,86)(H,88,89)/t36-,50-,51+,52+,53+,54+,55+,59+,68+/m1/s1. The fraction of sp³-hybridized carbons (Fsp3) is 0.382. The molecule has 2 aliphatic heterocycles. The molecule has 9 rings (SSSR count). The third kappa shape index (κ3) is 19.5. The average Bonchev–Trinajstić information content (AvgIpc) is 1.58. The number of hydrogen-bond acceptors (Lipinski definition) is 16. The highest BCUT2D eigenvalue weighted by atomic mass is 32.2. The molecule has 0 aliphatic carbocycles. The van der Waals surface area contributed by atoms with Gasteiger partial charge in [0.25, 0.3) is 0 Å². The van der Waals surface area contributed by atoms with Crippen molar-refractivity contribution < 1.29 is 76.5 Å². The number of carboxylic acid groups (broad SMARTS) is 1. The van der Waals surface area contributed by atoms with E-state index in [1.807, 2.05) is 24.3 Å². The number of imidazole rings is 1. The molecule has 15 N–H and O–H groups in total. The molecular formula is C68H78F2N14O14S2. The van der Waals surface area contributed by atoms with Gasteiger partial charge in [0.15, 0.2) is 0 Å². The number of fused-ring (bicyclic) bond motifs is 5. The number of nitrogens with zero attached hydrogens (tertiary/aromatic N) is 2. The van der Waals surface area contributed by atoms with E-state index in [4.69, 9.17) is 10.5 Å². The van der Waals surface area contributed by atoms with Crippen molar-refractivity contribution in [1.29, 1.82) is 0 Å². The number of methoxy groups -OCH3 is 1. The summed E-state index contributed by atoms with van der Waals surface area (Å²) in [6, 6.07) is 9.65. The van der Waals surface area contributed by atoms with Crippen LogP contribution in [0.1, 0.15) is 73.0 Å². The molecule has 5 heterocycles. The number of hydrogen-bond donors (Lipinski definition) is 14. The van der Waals surface area contributed by atoms with Crippen molar-refractivity contribution in [2.45, 2.75) is 131 Å². The van der Waals surface area contributed by atoms with Gasteiger partial charge in [0.1, 0.15) is 65.2 Å². The molecule has 4 aromatic carbocycles. The SMILES string of the molecule is CO[C@H](C)[C@@H]1NC(=O)CCSCc2cccc(c2)CSC[C@@H](C(N)=O)NC(=O)[C@]2(C)CCCN2C(=O)[C@H](Cc2ccc(O)cc2)NC(=O)[C@H](Cc2cnc[nH]2)NC(=O)[C@H](CC(=O)O)NC(=O)[C@H](Cc2c[nH]c3ccc(F)cc23)NC(=O)[C@@H](Cc2c[nH]c3ccc(F)cc23)NC(=O)CNC1=O. The van der Waals surface area contributed by atoms with E-state index in [2.05, 4.69) is 62.5 Å². The second-order valence-electron chi connectivity index (χ2n) is 24.7. The molecule has 0 spiro atoms. The Morgan fingerprint density at radius 2 is 1.27 bits per heavy atom. The van der Waals surface area contributed by atoms with Crippen LogP contribution < -0.4 is 48.3 Å². The summed E-state index contributed by atoms with van der Waals surface area (Å²) in [5, 5.41) is 41.9. The van der Waals surface area contributed by atoms with Crippen LogP contribution >= 0.6 is 23.5 Å². The molecule has 7 aromatic rings. The first-order chi connectivity index (χ1) is 47.8. The van der Waals surface area contributed by atoms with Crippen molar-refractivity contribution in [3.63, 3.8) is 0 Å². The maximum Gasteiger partial charge on any atom is 0.305 e. The van der Waals surface area contributed by atoms with Crippen LogP contribution in [0.3, 0.4) is 0 Å². The van der Waals surface area contributed by atoms with E-state index < -0.39 is 156 Å². The minimum atomic E-state index is -2.05. The number of halogens is 2. The lowest BCUT2D eigenvalue weighted by Gasteiger charge is -2.37. The van der Waals surface area contributed by atoms with Gasteiger partial charge < -0.3 is 83.1 Å². The number of carbonyl (C=O) groups is 11. The number of thioether (sulfide) groups is 2. The van der Waals surface area contributed by atoms with E-state index in [1.165, 1.54) is 129 Å². The maximum atomic E-state index is 15.2. The molecule has 28 nitrogen and oxygen atoms in total. The number of aliphatic carboxylic acids is 1. The molecule has 1 saturated heterocycles. The molecule has 2 bridgehead atoms. The van der Waals surface area contributed by atoms with Gasteiger partial charge in [-0.3, -0.25) is 52.7 Å². The molecule has 10 amide bonds. The summed E-state index contributed by atoms with van der Waals surface area (Å²) >= 11 is 2.76. The highest BCUT2D eigenvalue weighted by Crippen LogP contribution is 2.32. The lowest BCUT2D eigenvalue weighted by atomic mass is 9.95. The van der Waals surface area contributed by atoms with E-state index in [0.29, 0.717) is 51.2 Å². The summed E-state index contributed by atoms with van der Waals surface area (Å²) < 4.78 is 35.2. The number of aromatic nitrogens is 4. The van der Waals surface area contributed by atoms with E-state index in [0.717, 1.165) is 17.2 Å². The summed E-state index contributed by atoms with van der Waals surface area (Å²) in [5.74, 6) is -11.0. The molecule has 9 atom stereocenters. The Kier molecular flexibility index (Phi) is 25.1. The number of H-pyrrole nitrogens is 3. The van der Waals surface area contributed by atoms with E-state index in [9.17, 15) is 52.6 Å². The molecule has 3 aromatic heterocycles. The zero-order chi connectivity index (χ0) is 71.8. The zero-order valence-corrected chi connectivity index (χ0v) is 56.4. The highest BCUT2D eigenvalue weighted by Gasteiger charge is 2.49. The second-order valence-corrected chi connectivity index (χ2v) is 26.8. The van der Waals surface area contributed by atoms with Gasteiger partial charge in [-0.05, 0) is 103 Å². The number of aromatic amines is 3. The van der Waals surface area contributed by atoms with Crippen LogP contribution in [0.4, 0.5) is 8.78 Å². The second kappa shape index (κ2) is 33.9. The van der Waals surface area contributed by atoms with Crippen LogP contribution in [0.5, 0.6) is 5.75 Å². The average molecular weight is 1420 g/mol. The third-order valence-corrected chi connectivity index (χ3v) is 19.5. The number of ether oxygens (including phenoxy) is 1. The molecule has 32 heteroatoms. The van der Waals surface area contributed by atoms with Crippen LogP contribution in [0.25, 0.3) is 21.8 Å². The molecule has 1 fully saturated rings. The third-order valence-electron chi connectivity index (χ3n) is 17.4. The van der Waals surface area contributed by atoms with Crippen molar-refractivity contribution in [1.82, 2.24) is 67.4 Å². The van der Waals surface area contributed by atoms with Crippen LogP contribution in [0.15, 0.2) is 110 Å². The van der Waals surface area contributed by atoms with Crippen molar-refractivity contribution in [2.75, 3.05) is 31.7 Å². The first-order valence-corrected chi connectivity index (χ1v) is 34.4. The van der Waals surface area contributed by atoms with E-state index in [-0.39, 0.29) is 60.4 Å². The lowest BCUT2D eigenvalue weighted by molar-refractivity contribution is -0.147. The first-order valence-electron chi connectivity index (χ1n) is 32.1. The number of phenols is 1. The number of phenolic OH excluding ortho intramolecular Hbond substituents is 1. The van der Waals surface area contributed by atoms with Gasteiger partial charge in [-0.15, -0.1) is 0 Å². The quantitative estimate of drug-likeness (QED) is 0.0786. The number of amides is 10. The van der Waals surface area contributed by atoms with Crippen LogP contribution in [0.2, 0.25) is 0 Å². The Morgan fingerprint density at radius 3 is 1.86 bits per heavy atom. The Hall–Kier alpha value is -10.3. The molecule has 0 unspecified atom stereocenters. The Labute approximate surface area is 580 Å². The minimum Gasteiger partial charge on any atom is -0.508 e. The van der Waals surface area contributed by atoms with Gasteiger partial charge in [-0.1, -0.05) is 36.4 Å². The molecule has 100 heavy (non-hydrogen) atoms. The number of nitrogens with one attached hydrogen (secondary N) is 11. The first kappa shape index (κ1) is 73.9. The van der Waals surface area contributed by atoms with Crippen LogP contribution in [-0.4, -0.2) is 186 Å². The topological polar surface area (TPSA) is 423 Å². The van der Waals surface area contributed by atoms with E-state index >= 15 is 19.2 Å². The number of rotatable bonds is 13. The van der Waals surface area contributed by atoms with Gasteiger partial charge in [0.2, 0.25) is 59.1 Å². The number of primary amides is 1. The van der Waals surface area contributed by atoms with Crippen molar-refractivity contribution in [3.8, 4) is 5.75 Å². The summed E-state index contributed by atoms with van der Waals surface area (Å²) in [5.41, 5.74) is 8.13. The molecule has 0 radical (unpaired) electrons. The lowest BCUT2D eigenvalue weighted by Crippen LogP contribution is -2.63. The predicted octanol–water partition coefficient (Wildman–Crippen LogP) is 2.08. The monoisotopic (exact) mass is 1420 g/mol. The van der Waals surface area contributed by atoms with Crippen LogP contribution in [0, 0.1) is 11.6 Å². The Balaban J connectivity index is 1.06. The number of carbonyl (C=O) groups excluding carboxylic acids is 10. The smallest absolute Gasteiger partial charge is 0.305 e. The van der Waals surface area contributed by atoms with Gasteiger partial charge in [0, 0.05) is 115 Å². The molecular weight excluding hydrogens is 1340 g/mol. The zero-order valence-electron chi connectivity index (χ0n) is 54.7. The number of aromatic hydroxyl groups is 1. The fourth-order valence-electron chi connectivity index (χ4n) is 11.9.